The molecule has 8 heteroatoms. The van der Waals surface area contributed by atoms with Gasteiger partial charge in [0.25, 0.3) is 0 Å². The minimum absolute atomic E-state index is 0.304. The van der Waals surface area contributed by atoms with Crippen LogP contribution in [0, 0.1) is 0 Å². The summed E-state index contributed by atoms with van der Waals surface area (Å²) < 4.78 is 6.98. The highest BCUT2D eigenvalue weighted by Crippen LogP contribution is 2.10. The van der Waals surface area contributed by atoms with E-state index in [1.807, 2.05) is 16.9 Å². The van der Waals surface area contributed by atoms with E-state index in [2.05, 4.69) is 37.6 Å². The molecular formula is C13H21N7O. The molecule has 114 valence electrons. The molecule has 0 aliphatic rings. The van der Waals surface area contributed by atoms with Gasteiger partial charge in [-0.25, -0.2) is 0 Å². The van der Waals surface area contributed by atoms with Crippen LogP contribution in [0.3, 0.4) is 0 Å². The third-order valence-electron chi connectivity index (χ3n) is 2.74. The van der Waals surface area contributed by atoms with Gasteiger partial charge in [0.05, 0.1) is 7.11 Å². The second-order valence-electron chi connectivity index (χ2n) is 4.45. The van der Waals surface area contributed by atoms with Crippen molar-refractivity contribution in [2.45, 2.75) is 26.3 Å². The maximum Gasteiger partial charge on any atom is 0.322 e. The third kappa shape index (κ3) is 4.90. The van der Waals surface area contributed by atoms with Crippen LogP contribution in [-0.4, -0.2) is 44.9 Å². The summed E-state index contributed by atoms with van der Waals surface area (Å²) >= 11 is 0. The van der Waals surface area contributed by atoms with E-state index in [9.17, 15) is 0 Å². The van der Waals surface area contributed by atoms with E-state index < -0.39 is 0 Å². The molecule has 0 unspecified atom stereocenters. The third-order valence-corrected chi connectivity index (χ3v) is 2.74. The number of anilines is 2. The molecule has 0 aliphatic carbocycles. The Morgan fingerprint density at radius 3 is 2.52 bits per heavy atom. The molecule has 0 atom stereocenters. The summed E-state index contributed by atoms with van der Waals surface area (Å²) in [6, 6.07) is 2.22. The van der Waals surface area contributed by atoms with Gasteiger partial charge < -0.3 is 15.4 Å². The molecule has 0 bridgehead atoms. The molecule has 0 fully saturated rings. The first-order valence-corrected chi connectivity index (χ1v) is 7.07. The highest BCUT2D eigenvalue weighted by atomic mass is 16.5. The summed E-state index contributed by atoms with van der Waals surface area (Å²) in [6.45, 7) is 4.50. The Labute approximate surface area is 124 Å². The molecule has 2 N–H and O–H groups in total. The molecule has 0 saturated carbocycles. The van der Waals surface area contributed by atoms with Crippen LogP contribution in [0.2, 0.25) is 0 Å². The molecule has 0 saturated heterocycles. The van der Waals surface area contributed by atoms with Crippen LogP contribution in [0.25, 0.3) is 0 Å². The van der Waals surface area contributed by atoms with Gasteiger partial charge in [-0.2, -0.15) is 20.1 Å². The van der Waals surface area contributed by atoms with Crippen molar-refractivity contribution in [3.8, 4) is 6.01 Å². The summed E-state index contributed by atoms with van der Waals surface area (Å²) in [6.07, 6.45) is 5.64. The fourth-order valence-electron chi connectivity index (χ4n) is 1.72. The fourth-order valence-corrected chi connectivity index (χ4v) is 1.72. The van der Waals surface area contributed by atoms with Crippen molar-refractivity contribution in [2.75, 3.05) is 30.8 Å². The van der Waals surface area contributed by atoms with E-state index >= 15 is 0 Å². The van der Waals surface area contributed by atoms with Crippen molar-refractivity contribution in [2.24, 2.45) is 0 Å². The predicted octanol–water partition coefficient (Wildman–Crippen LogP) is 1.40. The van der Waals surface area contributed by atoms with Gasteiger partial charge in [-0.1, -0.05) is 6.92 Å². The van der Waals surface area contributed by atoms with Gasteiger partial charge in [0.2, 0.25) is 11.9 Å². The lowest BCUT2D eigenvalue weighted by Crippen LogP contribution is -2.12. The zero-order valence-corrected chi connectivity index (χ0v) is 12.4. The minimum atomic E-state index is 0.304. The lowest BCUT2D eigenvalue weighted by molar-refractivity contribution is 0.379. The maximum absolute atomic E-state index is 5.08. The van der Waals surface area contributed by atoms with E-state index in [0.717, 1.165) is 32.5 Å². The zero-order chi connectivity index (χ0) is 14.9. The Morgan fingerprint density at radius 2 is 1.90 bits per heavy atom. The van der Waals surface area contributed by atoms with Crippen molar-refractivity contribution in [1.29, 1.82) is 0 Å². The Kier molecular flexibility index (Phi) is 5.74. The number of methoxy groups -OCH3 is 1. The van der Waals surface area contributed by atoms with Crippen molar-refractivity contribution in [1.82, 2.24) is 24.7 Å². The summed E-state index contributed by atoms with van der Waals surface area (Å²) in [7, 11) is 1.54. The summed E-state index contributed by atoms with van der Waals surface area (Å²) in [4.78, 5) is 12.6. The van der Waals surface area contributed by atoms with Gasteiger partial charge >= 0.3 is 6.01 Å². The second-order valence-corrected chi connectivity index (χ2v) is 4.45. The number of nitrogens with one attached hydrogen (secondary N) is 2. The van der Waals surface area contributed by atoms with Crippen molar-refractivity contribution >= 4 is 11.9 Å². The lowest BCUT2D eigenvalue weighted by atomic mass is 10.4. The van der Waals surface area contributed by atoms with Crippen LogP contribution in [0.4, 0.5) is 11.9 Å². The van der Waals surface area contributed by atoms with Crippen LogP contribution in [0.1, 0.15) is 19.8 Å². The lowest BCUT2D eigenvalue weighted by Gasteiger charge is -2.09. The number of aryl methyl sites for hydroxylation is 1. The van der Waals surface area contributed by atoms with E-state index in [0.29, 0.717) is 17.9 Å². The fraction of sp³-hybridized carbons (Fsp3) is 0.538. The molecular weight excluding hydrogens is 270 g/mol. The van der Waals surface area contributed by atoms with Crippen LogP contribution in [-0.2, 0) is 6.54 Å². The topological polar surface area (TPSA) is 89.8 Å². The second kappa shape index (κ2) is 8.03. The van der Waals surface area contributed by atoms with Gasteiger partial charge in [-0.15, -0.1) is 0 Å². The van der Waals surface area contributed by atoms with Gasteiger partial charge in [-0.3, -0.25) is 4.68 Å². The molecule has 0 radical (unpaired) electrons. The number of hydrogen-bond acceptors (Lipinski definition) is 7. The number of aromatic nitrogens is 5. The Bertz CT molecular complexity index is 529. The monoisotopic (exact) mass is 291 g/mol. The van der Waals surface area contributed by atoms with E-state index in [1.165, 1.54) is 0 Å². The largest absolute Gasteiger partial charge is 0.467 e. The molecule has 2 aromatic heterocycles. The van der Waals surface area contributed by atoms with Crippen LogP contribution < -0.4 is 15.4 Å². The highest BCUT2D eigenvalue weighted by molar-refractivity contribution is 5.35. The van der Waals surface area contributed by atoms with E-state index in [4.69, 9.17) is 4.74 Å². The standard InChI is InChI=1S/C13H21N7O/c1-3-6-14-11-17-12(19-13(18-11)21-2)15-7-4-9-20-10-5-8-16-20/h5,8,10H,3-4,6-7,9H2,1-2H3,(H2,14,15,17,18,19). The first kappa shape index (κ1) is 15.0. The molecule has 0 aromatic carbocycles. The SMILES string of the molecule is CCCNc1nc(NCCCn2cccn2)nc(OC)n1. The molecule has 2 rings (SSSR count). The van der Waals surface area contributed by atoms with Gasteiger partial charge in [-0.05, 0) is 18.9 Å². The highest BCUT2D eigenvalue weighted by Gasteiger charge is 2.05. The zero-order valence-electron chi connectivity index (χ0n) is 12.4. The Hall–Kier alpha value is -2.38. The summed E-state index contributed by atoms with van der Waals surface area (Å²) in [5.41, 5.74) is 0. The molecule has 8 nitrogen and oxygen atoms in total. The average Bonchev–Trinajstić information content (AvgIpc) is 3.02. The first-order chi connectivity index (χ1) is 10.3. The minimum Gasteiger partial charge on any atom is -0.467 e. The van der Waals surface area contributed by atoms with Crippen molar-refractivity contribution in [3.05, 3.63) is 18.5 Å². The molecule has 21 heavy (non-hydrogen) atoms. The van der Waals surface area contributed by atoms with Gasteiger partial charge in [0.15, 0.2) is 0 Å². The van der Waals surface area contributed by atoms with Crippen LogP contribution in [0.15, 0.2) is 18.5 Å². The van der Waals surface area contributed by atoms with Crippen LogP contribution in [0.5, 0.6) is 6.01 Å². The molecule has 2 heterocycles. The molecule has 0 amide bonds. The normalized spacial score (nSPS) is 10.4. The number of ether oxygens (including phenoxy) is 1. The number of rotatable bonds is 9. The quantitative estimate of drug-likeness (QED) is 0.675. The maximum atomic E-state index is 5.08. The smallest absolute Gasteiger partial charge is 0.322 e. The Balaban J connectivity index is 1.85. The average molecular weight is 291 g/mol. The number of nitrogens with zero attached hydrogens (tertiary/aromatic N) is 5. The molecule has 0 aliphatic heterocycles. The predicted molar refractivity (Wildman–Crippen MR) is 80.5 cm³/mol. The van der Waals surface area contributed by atoms with Crippen molar-refractivity contribution in [3.63, 3.8) is 0 Å². The van der Waals surface area contributed by atoms with Crippen molar-refractivity contribution < 1.29 is 4.74 Å². The number of hydrogen-bond donors (Lipinski definition) is 2. The summed E-state index contributed by atoms with van der Waals surface area (Å²) in [5.74, 6) is 1.04. The first-order valence-electron chi connectivity index (χ1n) is 7.07. The molecule has 2 aromatic rings. The van der Waals surface area contributed by atoms with Crippen LogP contribution >= 0.6 is 0 Å². The summed E-state index contributed by atoms with van der Waals surface area (Å²) in [5, 5.41) is 10.5. The van der Waals surface area contributed by atoms with E-state index in [-0.39, 0.29) is 0 Å². The Morgan fingerprint density at radius 1 is 1.14 bits per heavy atom. The molecule has 0 spiro atoms. The van der Waals surface area contributed by atoms with Gasteiger partial charge in [0, 0.05) is 32.0 Å². The van der Waals surface area contributed by atoms with E-state index in [1.54, 1.807) is 13.3 Å². The van der Waals surface area contributed by atoms with Gasteiger partial charge in [0.1, 0.15) is 0 Å².